The third-order valence-corrected chi connectivity index (χ3v) is 4.15. The van der Waals surface area contributed by atoms with Crippen LogP contribution in [0, 0.1) is 13.7 Å². The second-order valence-corrected chi connectivity index (χ2v) is 6.57. The van der Waals surface area contributed by atoms with Gasteiger partial charge in [0.25, 0.3) is 5.69 Å². The molecule has 0 radical (unpaired) electrons. The van der Waals surface area contributed by atoms with E-state index in [-0.39, 0.29) is 5.69 Å². The second-order valence-electron chi connectivity index (χ2n) is 4.84. The van der Waals surface area contributed by atoms with Crippen LogP contribution in [-0.4, -0.2) is 9.91 Å². The van der Waals surface area contributed by atoms with Gasteiger partial charge in [0.1, 0.15) is 0 Å². The summed E-state index contributed by atoms with van der Waals surface area (Å²) in [5.41, 5.74) is 2.01. The van der Waals surface area contributed by atoms with E-state index in [0.29, 0.717) is 10.7 Å². The van der Waals surface area contributed by atoms with Gasteiger partial charge in [-0.3, -0.25) is 10.1 Å². The zero-order valence-electron chi connectivity index (χ0n) is 11.8. The number of halogens is 1. The van der Waals surface area contributed by atoms with Crippen molar-refractivity contribution in [2.45, 2.75) is 19.3 Å². The molecule has 0 bridgehead atoms. The maximum Gasteiger partial charge on any atom is 0.271 e. The van der Waals surface area contributed by atoms with E-state index in [2.05, 4.69) is 52.2 Å². The van der Waals surface area contributed by atoms with Gasteiger partial charge < -0.3 is 5.32 Å². The molecule has 0 heterocycles. The fourth-order valence-electron chi connectivity index (χ4n) is 2.02. The van der Waals surface area contributed by atoms with E-state index < -0.39 is 4.92 Å². The number of nitro groups is 1. The van der Waals surface area contributed by atoms with Crippen molar-refractivity contribution in [2.24, 2.45) is 0 Å². The number of nitro benzene ring substituents is 1. The lowest BCUT2D eigenvalue weighted by Gasteiger charge is -2.08. The minimum absolute atomic E-state index is 0.0617. The Kier molecular flexibility index (Phi) is 6.26. The lowest BCUT2D eigenvalue weighted by Crippen LogP contribution is -2.09. The van der Waals surface area contributed by atoms with Crippen molar-refractivity contribution in [3.8, 4) is 0 Å². The number of nitrogens with one attached hydrogen (secondary N) is 1. The highest BCUT2D eigenvalue weighted by Gasteiger charge is 2.06. The predicted molar refractivity (Wildman–Crippen MR) is 101 cm³/mol. The highest BCUT2D eigenvalue weighted by Crippen LogP contribution is 2.18. The van der Waals surface area contributed by atoms with Gasteiger partial charge in [-0.15, -0.1) is 0 Å². The average Bonchev–Trinajstić information content (AvgIpc) is 2.49. The molecule has 0 fully saturated rings. The van der Waals surface area contributed by atoms with Crippen LogP contribution in [0.2, 0.25) is 0 Å². The summed E-state index contributed by atoms with van der Waals surface area (Å²) in [5, 5.41) is 13.8. The SMILES string of the molecule is O=[N+]([O-])c1cccc(NC(=S)CCCc2ccc(I)cc2)c1. The lowest BCUT2D eigenvalue weighted by atomic mass is 10.1. The molecule has 2 aromatic carbocycles. The number of hydrogen-bond donors (Lipinski definition) is 1. The van der Waals surface area contributed by atoms with Crippen molar-refractivity contribution < 1.29 is 4.92 Å². The molecule has 0 aliphatic rings. The molecule has 1 N–H and O–H groups in total. The summed E-state index contributed by atoms with van der Waals surface area (Å²) in [4.78, 5) is 11.0. The summed E-state index contributed by atoms with van der Waals surface area (Å²) in [5.74, 6) is 0. The van der Waals surface area contributed by atoms with Crippen molar-refractivity contribution >= 4 is 51.2 Å². The minimum Gasteiger partial charge on any atom is -0.350 e. The smallest absolute Gasteiger partial charge is 0.271 e. The number of aryl methyl sites for hydroxylation is 1. The normalized spacial score (nSPS) is 10.2. The Morgan fingerprint density at radius 2 is 1.95 bits per heavy atom. The average molecular weight is 426 g/mol. The number of rotatable bonds is 6. The molecule has 0 amide bonds. The van der Waals surface area contributed by atoms with E-state index in [1.165, 1.54) is 21.3 Å². The van der Waals surface area contributed by atoms with Crippen molar-refractivity contribution in [3.05, 3.63) is 67.8 Å². The first-order valence-electron chi connectivity index (χ1n) is 6.83. The molecule has 0 unspecified atom stereocenters. The van der Waals surface area contributed by atoms with Crippen LogP contribution < -0.4 is 5.32 Å². The Bertz CT molecular complexity index is 674. The monoisotopic (exact) mass is 426 g/mol. The van der Waals surface area contributed by atoms with Gasteiger partial charge >= 0.3 is 0 Å². The highest BCUT2D eigenvalue weighted by atomic mass is 127. The number of benzene rings is 2. The third-order valence-electron chi connectivity index (χ3n) is 3.12. The van der Waals surface area contributed by atoms with E-state index in [0.717, 1.165) is 19.3 Å². The molecule has 0 aliphatic heterocycles. The number of anilines is 1. The van der Waals surface area contributed by atoms with Crippen LogP contribution in [0.3, 0.4) is 0 Å². The molecule has 2 aromatic rings. The van der Waals surface area contributed by atoms with Crippen molar-refractivity contribution in [3.63, 3.8) is 0 Å². The van der Waals surface area contributed by atoms with Crippen LogP contribution in [-0.2, 0) is 6.42 Å². The Balaban J connectivity index is 1.81. The molecule has 22 heavy (non-hydrogen) atoms. The van der Waals surface area contributed by atoms with Crippen molar-refractivity contribution in [1.29, 1.82) is 0 Å². The van der Waals surface area contributed by atoms with Gasteiger partial charge in [-0.2, -0.15) is 0 Å². The van der Waals surface area contributed by atoms with E-state index in [1.54, 1.807) is 12.1 Å². The number of non-ortho nitro benzene ring substituents is 1. The molecule has 0 saturated heterocycles. The van der Waals surface area contributed by atoms with Crippen LogP contribution in [0.15, 0.2) is 48.5 Å². The van der Waals surface area contributed by atoms with E-state index in [1.807, 2.05) is 0 Å². The molecule has 6 heteroatoms. The van der Waals surface area contributed by atoms with Crippen molar-refractivity contribution in [2.75, 3.05) is 5.32 Å². The maximum atomic E-state index is 10.7. The van der Waals surface area contributed by atoms with E-state index in [4.69, 9.17) is 12.2 Å². The summed E-state index contributed by atoms with van der Waals surface area (Å²) in [6, 6.07) is 14.8. The first-order chi connectivity index (χ1) is 10.5. The molecule has 0 spiro atoms. The summed E-state index contributed by atoms with van der Waals surface area (Å²) >= 11 is 7.58. The topological polar surface area (TPSA) is 55.2 Å². The van der Waals surface area contributed by atoms with Crippen LogP contribution >= 0.6 is 34.8 Å². The molecule has 0 atom stereocenters. The first kappa shape index (κ1) is 16.8. The Labute approximate surface area is 148 Å². The Morgan fingerprint density at radius 3 is 2.64 bits per heavy atom. The minimum atomic E-state index is -0.412. The summed E-state index contributed by atoms with van der Waals surface area (Å²) in [7, 11) is 0. The van der Waals surface area contributed by atoms with Gasteiger partial charge in [0, 0.05) is 21.4 Å². The molecule has 0 aliphatic carbocycles. The quantitative estimate of drug-likeness (QED) is 0.307. The van der Waals surface area contributed by atoms with Gasteiger partial charge in [0.2, 0.25) is 0 Å². The number of thiocarbonyl (C=S) groups is 1. The first-order valence-corrected chi connectivity index (χ1v) is 8.32. The summed E-state index contributed by atoms with van der Waals surface area (Å²) < 4.78 is 1.23. The fourth-order valence-corrected chi connectivity index (χ4v) is 2.65. The molecular weight excluding hydrogens is 411 g/mol. The van der Waals surface area contributed by atoms with Gasteiger partial charge in [0.15, 0.2) is 0 Å². The third kappa shape index (κ3) is 5.34. The van der Waals surface area contributed by atoms with Crippen LogP contribution in [0.4, 0.5) is 11.4 Å². The Morgan fingerprint density at radius 1 is 1.23 bits per heavy atom. The zero-order valence-corrected chi connectivity index (χ0v) is 14.8. The molecule has 2 rings (SSSR count). The van der Waals surface area contributed by atoms with E-state index >= 15 is 0 Å². The summed E-state index contributed by atoms with van der Waals surface area (Å²) in [6.45, 7) is 0. The summed E-state index contributed by atoms with van der Waals surface area (Å²) in [6.07, 6.45) is 2.67. The predicted octanol–water partition coefficient (Wildman–Crippen LogP) is 4.96. The van der Waals surface area contributed by atoms with Gasteiger partial charge in [-0.05, 0) is 65.6 Å². The largest absolute Gasteiger partial charge is 0.350 e. The number of nitrogens with zero attached hydrogens (tertiary/aromatic N) is 1. The highest BCUT2D eigenvalue weighted by molar-refractivity contribution is 14.1. The fraction of sp³-hybridized carbons (Fsp3) is 0.188. The second kappa shape index (κ2) is 8.19. The molecule has 0 aromatic heterocycles. The standard InChI is InChI=1S/C16H15IN2O2S/c17-13-9-7-12(8-10-13)3-1-6-16(22)18-14-4-2-5-15(11-14)19(20)21/h2,4-5,7-11H,1,3,6H2,(H,18,22). The van der Waals surface area contributed by atoms with Gasteiger partial charge in [-0.25, -0.2) is 0 Å². The van der Waals surface area contributed by atoms with Gasteiger partial charge in [0.05, 0.1) is 9.91 Å². The number of hydrogen-bond acceptors (Lipinski definition) is 3. The van der Waals surface area contributed by atoms with Crippen molar-refractivity contribution in [1.82, 2.24) is 0 Å². The lowest BCUT2D eigenvalue weighted by molar-refractivity contribution is -0.384. The van der Waals surface area contributed by atoms with Gasteiger partial charge in [-0.1, -0.05) is 30.4 Å². The van der Waals surface area contributed by atoms with Crippen LogP contribution in [0.25, 0.3) is 0 Å². The zero-order chi connectivity index (χ0) is 15.9. The Hall–Kier alpha value is -1.54. The van der Waals surface area contributed by atoms with E-state index in [9.17, 15) is 10.1 Å². The van der Waals surface area contributed by atoms with Crippen LogP contribution in [0.1, 0.15) is 18.4 Å². The van der Waals surface area contributed by atoms with Crippen LogP contribution in [0.5, 0.6) is 0 Å². The molecule has 0 saturated carbocycles. The maximum absolute atomic E-state index is 10.7. The molecular formula is C16H15IN2O2S. The molecule has 114 valence electrons. The molecule has 4 nitrogen and oxygen atoms in total.